The van der Waals surface area contributed by atoms with Crippen molar-refractivity contribution in [3.8, 4) is 0 Å². The Morgan fingerprint density at radius 1 is 1.53 bits per heavy atom. The Kier molecular flexibility index (Phi) is 3.92. The Bertz CT molecular complexity index is 342. The average Bonchev–Trinajstić information content (AvgIpc) is 2.77. The molecule has 1 saturated carbocycles. The van der Waals surface area contributed by atoms with E-state index in [2.05, 4.69) is 4.98 Å². The highest BCUT2D eigenvalue weighted by molar-refractivity contribution is 7.84. The molecule has 1 aliphatic carbocycles. The first-order valence-corrected chi connectivity index (χ1v) is 7.81. The van der Waals surface area contributed by atoms with Gasteiger partial charge < -0.3 is 0 Å². The third-order valence-electron chi connectivity index (χ3n) is 2.87. The number of nitrogens with zero attached hydrogens (tertiary/aromatic N) is 1. The molecule has 4 heteroatoms. The Hall–Kier alpha value is -0.220. The van der Waals surface area contributed by atoms with Gasteiger partial charge in [-0.3, -0.25) is 4.21 Å². The second kappa shape index (κ2) is 5.21. The van der Waals surface area contributed by atoms with Crippen LogP contribution in [0.3, 0.4) is 0 Å². The third kappa shape index (κ3) is 3.38. The zero-order chi connectivity index (χ0) is 10.7. The maximum Gasteiger partial charge on any atom is 0.0897 e. The quantitative estimate of drug-likeness (QED) is 0.814. The molecule has 1 fully saturated rings. The van der Waals surface area contributed by atoms with Crippen LogP contribution in [-0.4, -0.2) is 14.9 Å². The first-order chi connectivity index (χ1) is 7.24. The maximum atomic E-state index is 11.9. The van der Waals surface area contributed by atoms with Crippen molar-refractivity contribution in [2.24, 2.45) is 5.92 Å². The highest BCUT2D eigenvalue weighted by Crippen LogP contribution is 2.26. The summed E-state index contributed by atoms with van der Waals surface area (Å²) in [5.74, 6) is 2.33. The summed E-state index contributed by atoms with van der Waals surface area (Å²) < 4.78 is 11.9. The Morgan fingerprint density at radius 2 is 2.27 bits per heavy atom. The van der Waals surface area contributed by atoms with Gasteiger partial charge in [-0.05, 0) is 25.7 Å². The molecule has 0 spiro atoms. The molecule has 0 N–H and O–H groups in total. The van der Waals surface area contributed by atoms with E-state index in [9.17, 15) is 4.21 Å². The zero-order valence-electron chi connectivity index (χ0n) is 9.07. The predicted octanol–water partition coefficient (Wildman–Crippen LogP) is 2.89. The molecule has 1 aromatic heterocycles. The number of aryl methyl sites for hydroxylation is 1. The zero-order valence-corrected chi connectivity index (χ0v) is 10.7. The van der Waals surface area contributed by atoms with Crippen molar-refractivity contribution in [3.63, 3.8) is 0 Å². The molecule has 1 aliphatic rings. The van der Waals surface area contributed by atoms with Crippen molar-refractivity contribution < 1.29 is 4.21 Å². The molecule has 1 aromatic rings. The molecule has 0 aromatic carbocycles. The van der Waals surface area contributed by atoms with Crippen LogP contribution in [0, 0.1) is 12.8 Å². The Balaban J connectivity index is 1.81. The summed E-state index contributed by atoms with van der Waals surface area (Å²) in [4.78, 5) is 5.36. The molecule has 1 unspecified atom stereocenters. The van der Waals surface area contributed by atoms with Gasteiger partial charge >= 0.3 is 0 Å². The number of thiazole rings is 1. The minimum Gasteiger partial charge on any atom is -0.259 e. The fourth-order valence-electron chi connectivity index (χ4n) is 2.13. The lowest BCUT2D eigenvalue weighted by Crippen LogP contribution is -2.08. The van der Waals surface area contributed by atoms with Crippen molar-refractivity contribution in [1.82, 2.24) is 4.98 Å². The standard InChI is InChI=1S/C11H17NOS2/c1-9-12-6-11(14-9)8-15(13)7-10-4-2-3-5-10/h6,10H,2-5,7-8H2,1H3. The topological polar surface area (TPSA) is 30.0 Å². The lowest BCUT2D eigenvalue weighted by atomic mass is 10.1. The molecule has 0 aliphatic heterocycles. The average molecular weight is 243 g/mol. The fraction of sp³-hybridized carbons (Fsp3) is 0.727. The van der Waals surface area contributed by atoms with Crippen LogP contribution in [0.1, 0.15) is 35.6 Å². The summed E-state index contributed by atoms with van der Waals surface area (Å²) in [6.07, 6.45) is 7.11. The fourth-order valence-corrected chi connectivity index (χ4v) is 4.72. The van der Waals surface area contributed by atoms with Crippen LogP contribution in [0.5, 0.6) is 0 Å². The van der Waals surface area contributed by atoms with Crippen LogP contribution in [-0.2, 0) is 16.6 Å². The van der Waals surface area contributed by atoms with Gasteiger partial charge in [-0.2, -0.15) is 0 Å². The minimum atomic E-state index is -0.677. The van der Waals surface area contributed by atoms with Crippen LogP contribution in [0.25, 0.3) is 0 Å². The second-order valence-corrected chi connectivity index (χ2v) is 7.07. The summed E-state index contributed by atoms with van der Waals surface area (Å²) in [6.45, 7) is 1.99. The molecular formula is C11H17NOS2. The predicted molar refractivity (Wildman–Crippen MR) is 65.5 cm³/mol. The van der Waals surface area contributed by atoms with Crippen LogP contribution in [0.15, 0.2) is 6.20 Å². The summed E-state index contributed by atoms with van der Waals surface area (Å²) >= 11 is 1.67. The molecule has 1 heterocycles. The molecule has 2 rings (SSSR count). The van der Waals surface area contributed by atoms with Gasteiger partial charge in [0.2, 0.25) is 0 Å². The SMILES string of the molecule is Cc1ncc(CS(=O)CC2CCCC2)s1. The van der Waals surface area contributed by atoms with E-state index in [4.69, 9.17) is 0 Å². The first-order valence-electron chi connectivity index (χ1n) is 5.50. The molecule has 15 heavy (non-hydrogen) atoms. The Labute approximate surface area is 97.6 Å². The molecule has 1 atom stereocenters. The highest BCUT2D eigenvalue weighted by Gasteiger charge is 2.18. The minimum absolute atomic E-state index is 0.677. The van der Waals surface area contributed by atoms with E-state index in [-0.39, 0.29) is 0 Å². The van der Waals surface area contributed by atoms with E-state index in [1.807, 2.05) is 13.1 Å². The molecular weight excluding hydrogens is 226 g/mol. The highest BCUT2D eigenvalue weighted by atomic mass is 32.2. The van der Waals surface area contributed by atoms with E-state index in [1.54, 1.807) is 11.3 Å². The Morgan fingerprint density at radius 3 is 2.87 bits per heavy atom. The summed E-state index contributed by atoms with van der Waals surface area (Å²) in [5, 5.41) is 1.07. The largest absolute Gasteiger partial charge is 0.259 e. The molecule has 2 nitrogen and oxygen atoms in total. The summed E-state index contributed by atoms with van der Waals surface area (Å²) in [7, 11) is -0.677. The third-order valence-corrected chi connectivity index (χ3v) is 5.44. The first kappa shape index (κ1) is 11.3. The lowest BCUT2D eigenvalue weighted by Gasteiger charge is -2.06. The van der Waals surface area contributed by atoms with Gasteiger partial charge in [-0.25, -0.2) is 4.98 Å². The van der Waals surface area contributed by atoms with Crippen LogP contribution >= 0.6 is 11.3 Å². The van der Waals surface area contributed by atoms with Gasteiger partial charge in [0.25, 0.3) is 0 Å². The van der Waals surface area contributed by atoms with Gasteiger partial charge in [0.1, 0.15) is 0 Å². The van der Waals surface area contributed by atoms with Gasteiger partial charge in [0, 0.05) is 27.6 Å². The molecule has 0 saturated heterocycles. The summed E-state index contributed by atoms with van der Waals surface area (Å²) in [5.41, 5.74) is 0. The van der Waals surface area contributed by atoms with Crippen molar-refractivity contribution in [3.05, 3.63) is 16.1 Å². The van der Waals surface area contributed by atoms with Crippen LogP contribution in [0.4, 0.5) is 0 Å². The van der Waals surface area contributed by atoms with Crippen molar-refractivity contribution in [2.75, 3.05) is 5.75 Å². The smallest absolute Gasteiger partial charge is 0.0897 e. The van der Waals surface area contributed by atoms with Gasteiger partial charge in [0.05, 0.1) is 10.8 Å². The van der Waals surface area contributed by atoms with Gasteiger partial charge in [0.15, 0.2) is 0 Å². The van der Waals surface area contributed by atoms with E-state index < -0.39 is 10.8 Å². The normalized spacial score (nSPS) is 19.5. The van der Waals surface area contributed by atoms with Crippen LogP contribution < -0.4 is 0 Å². The number of hydrogen-bond donors (Lipinski definition) is 0. The van der Waals surface area contributed by atoms with Gasteiger partial charge in [-0.15, -0.1) is 11.3 Å². The molecule has 0 bridgehead atoms. The summed E-state index contributed by atoms with van der Waals surface area (Å²) in [6, 6.07) is 0. The lowest BCUT2D eigenvalue weighted by molar-refractivity contribution is 0.604. The van der Waals surface area contributed by atoms with Crippen molar-refractivity contribution >= 4 is 22.1 Å². The maximum absolute atomic E-state index is 11.9. The van der Waals surface area contributed by atoms with E-state index >= 15 is 0 Å². The number of rotatable bonds is 4. The van der Waals surface area contributed by atoms with Crippen LogP contribution in [0.2, 0.25) is 0 Å². The van der Waals surface area contributed by atoms with E-state index in [0.29, 0.717) is 5.75 Å². The van der Waals surface area contributed by atoms with E-state index in [1.165, 1.54) is 30.6 Å². The van der Waals surface area contributed by atoms with E-state index in [0.717, 1.165) is 16.7 Å². The molecule has 84 valence electrons. The van der Waals surface area contributed by atoms with Crippen molar-refractivity contribution in [2.45, 2.75) is 38.4 Å². The second-order valence-electron chi connectivity index (χ2n) is 4.25. The molecule has 0 amide bonds. The molecule has 0 radical (unpaired) electrons. The van der Waals surface area contributed by atoms with Gasteiger partial charge in [-0.1, -0.05) is 12.8 Å². The number of aromatic nitrogens is 1. The van der Waals surface area contributed by atoms with Crippen molar-refractivity contribution in [1.29, 1.82) is 0 Å². The monoisotopic (exact) mass is 243 g/mol. The number of hydrogen-bond acceptors (Lipinski definition) is 3.